The Labute approximate surface area is 205 Å². The first-order valence-electron chi connectivity index (χ1n) is 12.6. The van der Waals surface area contributed by atoms with Gasteiger partial charge in [0, 0.05) is 31.4 Å². The summed E-state index contributed by atoms with van der Waals surface area (Å²) in [6.07, 6.45) is 4.87. The van der Waals surface area contributed by atoms with Crippen LogP contribution in [0.5, 0.6) is 0 Å². The summed E-state index contributed by atoms with van der Waals surface area (Å²) in [5, 5.41) is 13.4. The van der Waals surface area contributed by atoms with Gasteiger partial charge in [-0.2, -0.15) is 0 Å². The highest BCUT2D eigenvalue weighted by Gasteiger charge is 2.33. The van der Waals surface area contributed by atoms with E-state index in [4.69, 9.17) is 4.98 Å². The standard InChI is InChI=1S/C28H34N4O3/c1-18-16-19(10-13-29-23-7-5-4-6-21(23)26(34)35)24-22(17-18)25(33)32(20-8-9-20)27(30-24)31-14-11-28(2,3)12-15-31/h4-7,16-17,20,29H,8-15H2,1-3H3,(H,34,35). The summed E-state index contributed by atoms with van der Waals surface area (Å²) < 4.78 is 1.95. The van der Waals surface area contributed by atoms with Crippen LogP contribution in [-0.4, -0.2) is 40.3 Å². The molecule has 0 spiro atoms. The highest BCUT2D eigenvalue weighted by molar-refractivity contribution is 5.94. The van der Waals surface area contributed by atoms with Crippen molar-refractivity contribution in [3.05, 3.63) is 63.4 Å². The molecule has 2 aromatic carbocycles. The summed E-state index contributed by atoms with van der Waals surface area (Å²) in [5.74, 6) is -0.138. The lowest BCUT2D eigenvalue weighted by atomic mass is 9.83. The van der Waals surface area contributed by atoms with Gasteiger partial charge in [-0.1, -0.05) is 32.0 Å². The van der Waals surface area contributed by atoms with Crippen LogP contribution in [0.15, 0.2) is 41.2 Å². The van der Waals surface area contributed by atoms with Crippen LogP contribution in [0.1, 0.15) is 67.1 Å². The molecule has 0 bridgehead atoms. The summed E-state index contributed by atoms with van der Waals surface area (Å²) in [6, 6.07) is 11.2. The molecule has 0 atom stereocenters. The zero-order valence-corrected chi connectivity index (χ0v) is 20.8. The van der Waals surface area contributed by atoms with E-state index in [1.165, 1.54) is 0 Å². The van der Waals surface area contributed by atoms with Crippen molar-refractivity contribution >= 4 is 28.5 Å². The number of piperidine rings is 1. The highest BCUT2D eigenvalue weighted by atomic mass is 16.4. The first-order chi connectivity index (χ1) is 16.7. The SMILES string of the molecule is Cc1cc(CCNc2ccccc2C(=O)O)c2nc(N3CCC(C)(C)CC3)n(C3CC3)c(=O)c2c1. The molecule has 3 aromatic rings. The minimum atomic E-state index is -0.953. The molecule has 1 aliphatic heterocycles. The fourth-order valence-corrected chi connectivity index (χ4v) is 5.07. The van der Waals surface area contributed by atoms with Gasteiger partial charge in [-0.3, -0.25) is 9.36 Å². The Morgan fingerprint density at radius 1 is 1.17 bits per heavy atom. The number of para-hydroxylation sites is 1. The van der Waals surface area contributed by atoms with Gasteiger partial charge in [-0.15, -0.1) is 0 Å². The molecule has 5 rings (SSSR count). The van der Waals surface area contributed by atoms with E-state index in [0.29, 0.717) is 29.5 Å². The van der Waals surface area contributed by atoms with Crippen LogP contribution >= 0.6 is 0 Å². The molecule has 7 nitrogen and oxygen atoms in total. The fourth-order valence-electron chi connectivity index (χ4n) is 5.07. The number of benzene rings is 2. The molecular formula is C28H34N4O3. The molecule has 1 saturated carbocycles. The number of anilines is 2. The third kappa shape index (κ3) is 4.77. The number of carboxylic acid groups (broad SMARTS) is 1. The zero-order chi connectivity index (χ0) is 24.7. The smallest absolute Gasteiger partial charge is 0.337 e. The average molecular weight is 475 g/mol. The summed E-state index contributed by atoms with van der Waals surface area (Å²) in [6.45, 7) is 8.99. The first kappa shape index (κ1) is 23.4. The van der Waals surface area contributed by atoms with E-state index in [1.807, 2.05) is 23.6 Å². The minimum Gasteiger partial charge on any atom is -0.478 e. The van der Waals surface area contributed by atoms with Crippen LogP contribution in [0.2, 0.25) is 0 Å². The topological polar surface area (TPSA) is 87.5 Å². The van der Waals surface area contributed by atoms with Crippen LogP contribution in [0.25, 0.3) is 10.9 Å². The van der Waals surface area contributed by atoms with Crippen LogP contribution in [0.3, 0.4) is 0 Å². The molecule has 0 radical (unpaired) electrons. The Morgan fingerprint density at radius 2 is 1.89 bits per heavy atom. The van der Waals surface area contributed by atoms with Crippen molar-refractivity contribution in [1.29, 1.82) is 0 Å². The molecule has 2 heterocycles. The maximum Gasteiger partial charge on any atom is 0.337 e. The third-order valence-corrected chi connectivity index (χ3v) is 7.39. The van der Waals surface area contributed by atoms with E-state index in [0.717, 1.165) is 61.4 Å². The predicted molar refractivity (Wildman–Crippen MR) is 140 cm³/mol. The number of nitrogens with zero attached hydrogens (tertiary/aromatic N) is 3. The second-order valence-electron chi connectivity index (χ2n) is 10.8. The summed E-state index contributed by atoms with van der Waals surface area (Å²) in [4.78, 5) is 32.7. The van der Waals surface area contributed by atoms with Crippen molar-refractivity contribution < 1.29 is 9.90 Å². The Morgan fingerprint density at radius 3 is 2.57 bits per heavy atom. The Hall–Kier alpha value is -3.35. The van der Waals surface area contributed by atoms with Gasteiger partial charge in [-0.05, 0) is 73.8 Å². The van der Waals surface area contributed by atoms with Gasteiger partial charge in [0.05, 0.1) is 16.5 Å². The molecule has 1 saturated heterocycles. The monoisotopic (exact) mass is 474 g/mol. The molecule has 7 heteroatoms. The second kappa shape index (κ2) is 9.02. The number of aryl methyl sites for hydroxylation is 1. The van der Waals surface area contributed by atoms with Gasteiger partial charge in [0.2, 0.25) is 5.95 Å². The third-order valence-electron chi connectivity index (χ3n) is 7.39. The number of aromatic nitrogens is 2. The highest BCUT2D eigenvalue weighted by Crippen LogP contribution is 2.39. The van der Waals surface area contributed by atoms with Gasteiger partial charge in [0.1, 0.15) is 0 Å². The Kier molecular flexibility index (Phi) is 6.03. The number of aromatic carboxylic acids is 1. The van der Waals surface area contributed by atoms with Gasteiger partial charge >= 0.3 is 5.97 Å². The van der Waals surface area contributed by atoms with E-state index >= 15 is 0 Å². The van der Waals surface area contributed by atoms with E-state index in [9.17, 15) is 14.7 Å². The lowest BCUT2D eigenvalue weighted by Gasteiger charge is -2.38. The number of hydrogen-bond donors (Lipinski definition) is 2. The first-order valence-corrected chi connectivity index (χ1v) is 12.6. The van der Waals surface area contributed by atoms with Crippen molar-refractivity contribution in [2.24, 2.45) is 5.41 Å². The largest absolute Gasteiger partial charge is 0.478 e. The van der Waals surface area contributed by atoms with E-state index in [1.54, 1.807) is 18.2 Å². The number of nitrogens with one attached hydrogen (secondary N) is 1. The van der Waals surface area contributed by atoms with Crippen molar-refractivity contribution in [2.45, 2.75) is 58.9 Å². The van der Waals surface area contributed by atoms with Crippen molar-refractivity contribution in [3.8, 4) is 0 Å². The van der Waals surface area contributed by atoms with Gasteiger partial charge < -0.3 is 15.3 Å². The quantitative estimate of drug-likeness (QED) is 0.500. The van der Waals surface area contributed by atoms with E-state index in [2.05, 4.69) is 30.1 Å². The van der Waals surface area contributed by atoms with E-state index < -0.39 is 5.97 Å². The zero-order valence-electron chi connectivity index (χ0n) is 20.8. The van der Waals surface area contributed by atoms with E-state index in [-0.39, 0.29) is 17.2 Å². The normalized spacial score (nSPS) is 17.5. The predicted octanol–water partition coefficient (Wildman–Crippen LogP) is 5.02. The number of carboxylic acids is 1. The molecule has 1 aliphatic carbocycles. The average Bonchev–Trinajstić information content (AvgIpc) is 3.65. The van der Waals surface area contributed by atoms with Crippen molar-refractivity contribution in [3.63, 3.8) is 0 Å². The molecule has 1 aromatic heterocycles. The van der Waals surface area contributed by atoms with Crippen molar-refractivity contribution in [2.75, 3.05) is 29.9 Å². The molecule has 184 valence electrons. The number of fused-ring (bicyclic) bond motifs is 1. The summed E-state index contributed by atoms with van der Waals surface area (Å²) >= 11 is 0. The van der Waals surface area contributed by atoms with Crippen LogP contribution in [0, 0.1) is 12.3 Å². The van der Waals surface area contributed by atoms with Crippen LogP contribution in [-0.2, 0) is 6.42 Å². The Balaban J connectivity index is 1.50. The van der Waals surface area contributed by atoms with Crippen LogP contribution in [0.4, 0.5) is 11.6 Å². The summed E-state index contributed by atoms with van der Waals surface area (Å²) in [5.41, 5.74) is 4.04. The van der Waals surface area contributed by atoms with Gasteiger partial charge in [0.25, 0.3) is 5.56 Å². The molecule has 0 amide bonds. The van der Waals surface area contributed by atoms with Gasteiger partial charge in [-0.25, -0.2) is 9.78 Å². The summed E-state index contributed by atoms with van der Waals surface area (Å²) in [7, 11) is 0. The maximum absolute atomic E-state index is 13.7. The number of rotatable bonds is 7. The fraction of sp³-hybridized carbons (Fsp3) is 0.464. The number of hydrogen-bond acceptors (Lipinski definition) is 5. The molecule has 2 aliphatic rings. The number of carbonyl (C=O) groups is 1. The Bertz CT molecular complexity index is 1330. The van der Waals surface area contributed by atoms with Crippen LogP contribution < -0.4 is 15.8 Å². The maximum atomic E-state index is 13.7. The minimum absolute atomic E-state index is 0.0615. The van der Waals surface area contributed by atoms with Gasteiger partial charge in [0.15, 0.2) is 0 Å². The molecule has 35 heavy (non-hydrogen) atoms. The molecule has 2 N–H and O–H groups in total. The lowest BCUT2D eigenvalue weighted by molar-refractivity contribution is 0.0698. The molecular weight excluding hydrogens is 440 g/mol. The second-order valence-corrected chi connectivity index (χ2v) is 10.8. The molecule has 2 fully saturated rings. The molecule has 0 unspecified atom stereocenters. The van der Waals surface area contributed by atoms with Crippen molar-refractivity contribution in [1.82, 2.24) is 9.55 Å². The lowest BCUT2D eigenvalue weighted by Crippen LogP contribution is -2.41.